The third-order valence-corrected chi connectivity index (χ3v) is 3.53. The second-order valence-corrected chi connectivity index (χ2v) is 5.29. The van der Waals surface area contributed by atoms with E-state index in [0.717, 1.165) is 12.8 Å². The molecule has 1 atom stereocenters. The molecule has 23 heavy (non-hydrogen) atoms. The molecule has 0 aromatic heterocycles. The number of benzene rings is 2. The average Bonchev–Trinajstić information content (AvgIpc) is 2.60. The zero-order valence-electron chi connectivity index (χ0n) is 13.6. The predicted octanol–water partition coefficient (Wildman–Crippen LogP) is 3.21. The van der Waals surface area contributed by atoms with Crippen molar-refractivity contribution < 1.29 is 14.3 Å². The first-order valence-corrected chi connectivity index (χ1v) is 7.82. The van der Waals surface area contributed by atoms with E-state index in [0.29, 0.717) is 18.0 Å². The Bertz CT molecular complexity index is 613. The molecule has 2 rings (SSSR count). The second-order valence-electron chi connectivity index (χ2n) is 5.29. The molecule has 2 aromatic carbocycles. The molecular weight excluding hydrogens is 290 g/mol. The number of aryl methyl sites for hydroxylation is 1. The van der Waals surface area contributed by atoms with Gasteiger partial charge in [0.1, 0.15) is 0 Å². The Balaban J connectivity index is 1.74. The molecule has 0 unspecified atom stereocenters. The number of rotatable bonds is 8. The molecule has 0 spiro atoms. The van der Waals surface area contributed by atoms with Crippen LogP contribution in [-0.2, 0) is 11.2 Å². The zero-order chi connectivity index (χ0) is 16.5. The molecule has 0 heterocycles. The number of ether oxygens (including phenoxy) is 2. The summed E-state index contributed by atoms with van der Waals surface area (Å²) in [6.07, 6.45) is 1.28. The van der Waals surface area contributed by atoms with Crippen LogP contribution < -0.4 is 14.8 Å². The van der Waals surface area contributed by atoms with Crippen molar-refractivity contribution in [2.45, 2.75) is 25.9 Å². The van der Waals surface area contributed by atoms with E-state index >= 15 is 0 Å². The van der Waals surface area contributed by atoms with Crippen LogP contribution >= 0.6 is 0 Å². The second kappa shape index (κ2) is 8.83. The van der Waals surface area contributed by atoms with Gasteiger partial charge in [-0.1, -0.05) is 42.5 Å². The van der Waals surface area contributed by atoms with Gasteiger partial charge < -0.3 is 14.8 Å². The Labute approximate surface area is 137 Å². The summed E-state index contributed by atoms with van der Waals surface area (Å²) in [6.45, 7) is 2.37. The molecule has 0 aliphatic rings. The van der Waals surface area contributed by atoms with Crippen molar-refractivity contribution in [3.8, 4) is 11.5 Å². The summed E-state index contributed by atoms with van der Waals surface area (Å²) < 4.78 is 10.9. The van der Waals surface area contributed by atoms with Crippen molar-refractivity contribution >= 4 is 5.91 Å². The maximum atomic E-state index is 12.1. The van der Waals surface area contributed by atoms with Gasteiger partial charge in [-0.15, -0.1) is 0 Å². The van der Waals surface area contributed by atoms with Crippen molar-refractivity contribution in [3.63, 3.8) is 0 Å². The van der Waals surface area contributed by atoms with E-state index in [4.69, 9.17) is 9.47 Å². The van der Waals surface area contributed by atoms with Crippen molar-refractivity contribution in [2.75, 3.05) is 13.7 Å². The molecule has 1 N–H and O–H groups in total. The maximum absolute atomic E-state index is 12.1. The van der Waals surface area contributed by atoms with E-state index in [1.54, 1.807) is 26.2 Å². The van der Waals surface area contributed by atoms with Crippen LogP contribution in [0.1, 0.15) is 18.9 Å². The molecule has 0 fully saturated rings. The van der Waals surface area contributed by atoms with Crippen molar-refractivity contribution in [2.24, 2.45) is 0 Å². The first kappa shape index (κ1) is 16.9. The molecule has 0 saturated carbocycles. The number of hydrogen-bond donors (Lipinski definition) is 1. The van der Waals surface area contributed by atoms with Gasteiger partial charge in [-0.3, -0.25) is 4.79 Å². The quantitative estimate of drug-likeness (QED) is 0.761. The summed E-state index contributed by atoms with van der Waals surface area (Å²) in [4.78, 5) is 12.1. The fraction of sp³-hybridized carbons (Fsp3) is 0.316. The lowest BCUT2D eigenvalue weighted by molar-refractivity contribution is -0.127. The van der Waals surface area contributed by atoms with Crippen LogP contribution in [0.5, 0.6) is 11.5 Å². The monoisotopic (exact) mass is 313 g/mol. The molecular formula is C19H23NO3. The highest BCUT2D eigenvalue weighted by molar-refractivity contribution is 5.80. The van der Waals surface area contributed by atoms with Gasteiger partial charge in [0.05, 0.1) is 7.11 Å². The minimum absolute atomic E-state index is 0.121. The normalized spacial score (nSPS) is 11.6. The van der Waals surface area contributed by atoms with Crippen LogP contribution in [-0.4, -0.2) is 25.7 Å². The smallest absolute Gasteiger partial charge is 0.260 e. The van der Waals surface area contributed by atoms with Gasteiger partial charge in [0.15, 0.2) is 17.6 Å². The van der Waals surface area contributed by atoms with Gasteiger partial charge in [-0.25, -0.2) is 0 Å². The number of nitrogens with one attached hydrogen (secondary N) is 1. The van der Waals surface area contributed by atoms with Crippen molar-refractivity contribution in [1.82, 2.24) is 5.32 Å². The fourth-order valence-corrected chi connectivity index (χ4v) is 2.25. The maximum Gasteiger partial charge on any atom is 0.260 e. The summed E-state index contributed by atoms with van der Waals surface area (Å²) in [5.41, 5.74) is 1.28. The number of methoxy groups -OCH3 is 1. The zero-order valence-corrected chi connectivity index (χ0v) is 13.6. The third kappa shape index (κ3) is 5.33. The van der Waals surface area contributed by atoms with Crippen LogP contribution in [0.2, 0.25) is 0 Å². The van der Waals surface area contributed by atoms with Gasteiger partial charge in [0.2, 0.25) is 0 Å². The van der Waals surface area contributed by atoms with Gasteiger partial charge in [0, 0.05) is 6.54 Å². The molecule has 0 saturated heterocycles. The van der Waals surface area contributed by atoms with Gasteiger partial charge in [0.25, 0.3) is 5.91 Å². The standard InChI is InChI=1S/C19H23NO3/c1-15(23-18-13-7-6-12-17(18)22-2)19(21)20-14-8-11-16-9-4-3-5-10-16/h3-7,9-10,12-13,15H,8,11,14H2,1-2H3,(H,20,21)/t15-/m0/s1. The first-order valence-electron chi connectivity index (χ1n) is 7.82. The Morgan fingerprint density at radius 1 is 1.04 bits per heavy atom. The number of para-hydroxylation sites is 2. The van der Waals surface area contributed by atoms with E-state index in [9.17, 15) is 4.79 Å². The SMILES string of the molecule is COc1ccccc1O[C@@H](C)C(=O)NCCCc1ccccc1. The van der Waals surface area contributed by atoms with E-state index in [2.05, 4.69) is 17.4 Å². The molecule has 0 aliphatic carbocycles. The molecule has 1 amide bonds. The van der Waals surface area contributed by atoms with Crippen LogP contribution in [0, 0.1) is 0 Å². The van der Waals surface area contributed by atoms with E-state index < -0.39 is 6.10 Å². The molecule has 2 aromatic rings. The average molecular weight is 313 g/mol. The number of hydrogen-bond acceptors (Lipinski definition) is 3. The fourth-order valence-electron chi connectivity index (χ4n) is 2.25. The molecule has 0 aliphatic heterocycles. The van der Waals surface area contributed by atoms with Gasteiger partial charge in [-0.05, 0) is 37.5 Å². The number of carbonyl (C=O) groups is 1. The van der Waals surface area contributed by atoms with E-state index in [-0.39, 0.29) is 5.91 Å². The lowest BCUT2D eigenvalue weighted by Gasteiger charge is -2.16. The summed E-state index contributed by atoms with van der Waals surface area (Å²) in [5, 5.41) is 2.91. The largest absolute Gasteiger partial charge is 0.493 e. The van der Waals surface area contributed by atoms with Crippen LogP contribution in [0.25, 0.3) is 0 Å². The summed E-state index contributed by atoms with van der Waals surface area (Å²) in [5.74, 6) is 1.07. The van der Waals surface area contributed by atoms with Crippen LogP contribution in [0.15, 0.2) is 54.6 Å². The molecule has 0 radical (unpaired) electrons. The Hall–Kier alpha value is -2.49. The highest BCUT2D eigenvalue weighted by atomic mass is 16.5. The highest BCUT2D eigenvalue weighted by Crippen LogP contribution is 2.26. The lowest BCUT2D eigenvalue weighted by atomic mass is 10.1. The molecule has 4 nitrogen and oxygen atoms in total. The Morgan fingerprint density at radius 2 is 1.70 bits per heavy atom. The van der Waals surface area contributed by atoms with Crippen LogP contribution in [0.3, 0.4) is 0 Å². The minimum Gasteiger partial charge on any atom is -0.493 e. The van der Waals surface area contributed by atoms with E-state index in [1.165, 1.54) is 5.56 Å². The van der Waals surface area contributed by atoms with Crippen molar-refractivity contribution in [3.05, 3.63) is 60.2 Å². The Morgan fingerprint density at radius 3 is 2.39 bits per heavy atom. The third-order valence-electron chi connectivity index (χ3n) is 3.53. The van der Waals surface area contributed by atoms with Crippen LogP contribution in [0.4, 0.5) is 0 Å². The van der Waals surface area contributed by atoms with E-state index in [1.807, 2.05) is 30.3 Å². The summed E-state index contributed by atoms with van der Waals surface area (Å²) in [6, 6.07) is 17.5. The summed E-state index contributed by atoms with van der Waals surface area (Å²) in [7, 11) is 1.58. The van der Waals surface area contributed by atoms with Crippen molar-refractivity contribution in [1.29, 1.82) is 0 Å². The first-order chi connectivity index (χ1) is 11.2. The lowest BCUT2D eigenvalue weighted by Crippen LogP contribution is -2.37. The highest BCUT2D eigenvalue weighted by Gasteiger charge is 2.15. The predicted molar refractivity (Wildman–Crippen MR) is 90.9 cm³/mol. The summed E-state index contributed by atoms with van der Waals surface area (Å²) >= 11 is 0. The number of amides is 1. The molecule has 4 heteroatoms. The minimum atomic E-state index is -0.567. The topological polar surface area (TPSA) is 47.6 Å². The molecule has 122 valence electrons. The van der Waals surface area contributed by atoms with Gasteiger partial charge >= 0.3 is 0 Å². The Kier molecular flexibility index (Phi) is 6.48. The number of carbonyl (C=O) groups excluding carboxylic acids is 1. The molecule has 0 bridgehead atoms. The van der Waals surface area contributed by atoms with Gasteiger partial charge in [-0.2, -0.15) is 0 Å².